The van der Waals surface area contributed by atoms with Crippen molar-refractivity contribution in [3.05, 3.63) is 39.8 Å². The standard InChI is InChI=1S/C16H16N4OS2/c1-10-18-13-8-11(2-5-14(13)23-10)19-16(21)20(12-3-4-12)9-15-17-6-7-22-15/h2,5-8,12H,3-4,9H2,1H3,(H,19,21). The van der Waals surface area contributed by atoms with Gasteiger partial charge in [0.1, 0.15) is 5.01 Å². The fourth-order valence-electron chi connectivity index (χ4n) is 2.55. The largest absolute Gasteiger partial charge is 0.322 e. The lowest BCUT2D eigenvalue weighted by atomic mass is 10.3. The first-order valence-corrected chi connectivity index (χ1v) is 9.22. The van der Waals surface area contributed by atoms with Crippen molar-refractivity contribution >= 4 is 44.6 Å². The predicted molar refractivity (Wildman–Crippen MR) is 94.1 cm³/mol. The van der Waals surface area contributed by atoms with E-state index in [0.717, 1.165) is 38.8 Å². The van der Waals surface area contributed by atoms with Gasteiger partial charge in [-0.15, -0.1) is 22.7 Å². The molecular formula is C16H16N4OS2. The van der Waals surface area contributed by atoms with Gasteiger partial charge in [0.2, 0.25) is 0 Å². The molecule has 1 saturated carbocycles. The maximum absolute atomic E-state index is 12.6. The summed E-state index contributed by atoms with van der Waals surface area (Å²) in [7, 11) is 0. The Kier molecular flexibility index (Phi) is 3.74. The van der Waals surface area contributed by atoms with Crippen LogP contribution in [0.5, 0.6) is 0 Å². The number of aromatic nitrogens is 2. The molecule has 7 heteroatoms. The summed E-state index contributed by atoms with van der Waals surface area (Å²) in [6.07, 6.45) is 3.92. The molecule has 1 aliphatic rings. The molecule has 4 rings (SSSR count). The van der Waals surface area contributed by atoms with Gasteiger partial charge in [0, 0.05) is 23.3 Å². The number of nitrogens with one attached hydrogen (secondary N) is 1. The van der Waals surface area contributed by atoms with Crippen molar-refractivity contribution in [2.75, 3.05) is 5.32 Å². The molecule has 1 aliphatic carbocycles. The van der Waals surface area contributed by atoms with Gasteiger partial charge in [-0.3, -0.25) is 0 Å². The number of aryl methyl sites for hydroxylation is 1. The van der Waals surface area contributed by atoms with Crippen LogP contribution in [0.25, 0.3) is 10.2 Å². The Morgan fingerprint density at radius 1 is 1.43 bits per heavy atom. The number of rotatable bonds is 4. The normalized spacial score (nSPS) is 14.1. The van der Waals surface area contributed by atoms with Crippen molar-refractivity contribution in [2.24, 2.45) is 0 Å². The smallest absolute Gasteiger partial charge is 0.315 e. The minimum Gasteiger partial charge on any atom is -0.315 e. The highest BCUT2D eigenvalue weighted by Crippen LogP contribution is 2.30. The van der Waals surface area contributed by atoms with E-state index in [1.807, 2.05) is 35.4 Å². The van der Waals surface area contributed by atoms with Gasteiger partial charge in [-0.25, -0.2) is 14.8 Å². The summed E-state index contributed by atoms with van der Waals surface area (Å²) in [5.74, 6) is 0. The van der Waals surface area contributed by atoms with E-state index in [2.05, 4.69) is 15.3 Å². The molecule has 1 fully saturated rings. The van der Waals surface area contributed by atoms with Crippen LogP contribution in [-0.2, 0) is 6.54 Å². The second kappa shape index (κ2) is 5.90. The lowest BCUT2D eigenvalue weighted by molar-refractivity contribution is 0.206. The first-order chi connectivity index (χ1) is 11.2. The number of urea groups is 1. The highest BCUT2D eigenvalue weighted by Gasteiger charge is 2.33. The van der Waals surface area contributed by atoms with E-state index in [4.69, 9.17) is 0 Å². The summed E-state index contributed by atoms with van der Waals surface area (Å²) in [6, 6.07) is 6.16. The van der Waals surface area contributed by atoms with Crippen molar-refractivity contribution in [1.29, 1.82) is 0 Å². The Balaban J connectivity index is 1.51. The van der Waals surface area contributed by atoms with Crippen LogP contribution in [0.15, 0.2) is 29.8 Å². The van der Waals surface area contributed by atoms with Crippen LogP contribution in [0, 0.1) is 6.92 Å². The number of hydrogen-bond donors (Lipinski definition) is 1. The molecule has 0 bridgehead atoms. The minimum absolute atomic E-state index is 0.0611. The second-order valence-corrected chi connectivity index (χ2v) is 7.84. The number of benzene rings is 1. The molecule has 0 aliphatic heterocycles. The molecule has 2 heterocycles. The minimum atomic E-state index is -0.0611. The molecule has 23 heavy (non-hydrogen) atoms. The van der Waals surface area contributed by atoms with E-state index < -0.39 is 0 Å². The van der Waals surface area contributed by atoms with Gasteiger partial charge in [0.25, 0.3) is 0 Å². The summed E-state index contributed by atoms with van der Waals surface area (Å²) >= 11 is 3.25. The van der Waals surface area contributed by atoms with E-state index in [1.54, 1.807) is 28.9 Å². The van der Waals surface area contributed by atoms with E-state index in [9.17, 15) is 4.79 Å². The lowest BCUT2D eigenvalue weighted by Crippen LogP contribution is -2.36. The van der Waals surface area contributed by atoms with Gasteiger partial charge in [0.05, 0.1) is 21.8 Å². The summed E-state index contributed by atoms with van der Waals surface area (Å²) < 4.78 is 1.14. The number of carbonyl (C=O) groups excluding carboxylic acids is 1. The maximum atomic E-state index is 12.6. The van der Waals surface area contributed by atoms with Crippen molar-refractivity contribution in [3.8, 4) is 0 Å². The molecule has 0 atom stereocenters. The maximum Gasteiger partial charge on any atom is 0.322 e. The zero-order valence-corrected chi connectivity index (χ0v) is 14.3. The number of nitrogens with zero attached hydrogens (tertiary/aromatic N) is 3. The zero-order valence-electron chi connectivity index (χ0n) is 12.7. The van der Waals surface area contributed by atoms with E-state index in [-0.39, 0.29) is 6.03 Å². The van der Waals surface area contributed by atoms with E-state index in [1.165, 1.54) is 0 Å². The van der Waals surface area contributed by atoms with Crippen LogP contribution < -0.4 is 5.32 Å². The molecule has 0 spiro atoms. The van der Waals surface area contributed by atoms with Gasteiger partial charge >= 0.3 is 6.03 Å². The monoisotopic (exact) mass is 344 g/mol. The van der Waals surface area contributed by atoms with E-state index >= 15 is 0 Å². The summed E-state index contributed by atoms with van der Waals surface area (Å²) in [5, 5.41) is 6.95. The second-order valence-electron chi connectivity index (χ2n) is 5.63. The number of anilines is 1. The molecule has 1 aromatic carbocycles. The van der Waals surface area contributed by atoms with Crippen LogP contribution >= 0.6 is 22.7 Å². The molecule has 3 aromatic rings. The molecule has 2 aromatic heterocycles. The van der Waals surface area contributed by atoms with Crippen molar-refractivity contribution in [1.82, 2.24) is 14.9 Å². The molecule has 118 valence electrons. The number of carbonyl (C=O) groups is 1. The Morgan fingerprint density at radius 2 is 2.30 bits per heavy atom. The van der Waals surface area contributed by atoms with Gasteiger partial charge in [-0.1, -0.05) is 0 Å². The van der Waals surface area contributed by atoms with Gasteiger partial charge in [0.15, 0.2) is 0 Å². The molecule has 0 unspecified atom stereocenters. The fraction of sp³-hybridized carbons (Fsp3) is 0.312. The van der Waals surface area contributed by atoms with Crippen LogP contribution in [0.2, 0.25) is 0 Å². The molecule has 5 nitrogen and oxygen atoms in total. The van der Waals surface area contributed by atoms with Crippen LogP contribution in [0.3, 0.4) is 0 Å². The molecule has 0 radical (unpaired) electrons. The molecule has 2 amide bonds. The van der Waals surface area contributed by atoms with E-state index in [0.29, 0.717) is 12.6 Å². The quantitative estimate of drug-likeness (QED) is 0.769. The lowest BCUT2D eigenvalue weighted by Gasteiger charge is -2.21. The van der Waals surface area contributed by atoms with Crippen LogP contribution in [0.4, 0.5) is 10.5 Å². The number of hydrogen-bond acceptors (Lipinski definition) is 5. The van der Waals surface area contributed by atoms with Crippen molar-refractivity contribution < 1.29 is 4.79 Å². The van der Waals surface area contributed by atoms with Crippen molar-refractivity contribution in [3.63, 3.8) is 0 Å². The van der Waals surface area contributed by atoms with Gasteiger partial charge in [-0.05, 0) is 38.0 Å². The molecular weight excluding hydrogens is 328 g/mol. The third-order valence-electron chi connectivity index (χ3n) is 3.78. The SMILES string of the molecule is Cc1nc2cc(NC(=O)N(Cc3nccs3)C3CC3)ccc2s1. The molecule has 0 saturated heterocycles. The van der Waals surface area contributed by atoms with Crippen LogP contribution in [0.1, 0.15) is 22.9 Å². The predicted octanol–water partition coefficient (Wildman–Crippen LogP) is 4.26. The number of amides is 2. The third kappa shape index (κ3) is 3.20. The molecule has 1 N–H and O–H groups in total. The van der Waals surface area contributed by atoms with Crippen LogP contribution in [-0.4, -0.2) is 26.9 Å². The highest BCUT2D eigenvalue weighted by molar-refractivity contribution is 7.18. The van der Waals surface area contributed by atoms with Gasteiger partial charge < -0.3 is 10.2 Å². The topological polar surface area (TPSA) is 58.1 Å². The Bertz CT molecular complexity index is 839. The Hall–Kier alpha value is -1.99. The summed E-state index contributed by atoms with van der Waals surface area (Å²) in [4.78, 5) is 23.3. The Morgan fingerprint density at radius 3 is 3.04 bits per heavy atom. The average Bonchev–Trinajstić information content (AvgIpc) is 3.09. The fourth-order valence-corrected chi connectivity index (χ4v) is 3.97. The zero-order chi connectivity index (χ0) is 15.8. The first kappa shape index (κ1) is 14.6. The number of thiazole rings is 2. The van der Waals surface area contributed by atoms with Gasteiger partial charge in [-0.2, -0.15) is 0 Å². The highest BCUT2D eigenvalue weighted by atomic mass is 32.1. The number of fused-ring (bicyclic) bond motifs is 1. The summed E-state index contributed by atoms with van der Waals surface area (Å²) in [5.41, 5.74) is 1.72. The average molecular weight is 344 g/mol. The summed E-state index contributed by atoms with van der Waals surface area (Å²) in [6.45, 7) is 2.57. The third-order valence-corrected chi connectivity index (χ3v) is 5.50. The Labute approximate surface area is 142 Å². The van der Waals surface area contributed by atoms with Crippen molar-refractivity contribution in [2.45, 2.75) is 32.4 Å². The first-order valence-electron chi connectivity index (χ1n) is 7.52.